The lowest BCUT2D eigenvalue weighted by Gasteiger charge is -2.37. The molecule has 1 aliphatic heterocycles. The van der Waals surface area contributed by atoms with Gasteiger partial charge in [0.2, 0.25) is 28.9 Å². The molecule has 50 heavy (non-hydrogen) atoms. The van der Waals surface area contributed by atoms with E-state index in [0.717, 1.165) is 51.4 Å². The van der Waals surface area contributed by atoms with Crippen LogP contribution < -0.4 is 26.6 Å². The van der Waals surface area contributed by atoms with E-state index in [1.54, 1.807) is 0 Å². The molecule has 0 aromatic rings. The van der Waals surface area contributed by atoms with Gasteiger partial charge in [0.05, 0.1) is 6.04 Å². The second kappa shape index (κ2) is 20.2. The van der Waals surface area contributed by atoms with Crippen molar-refractivity contribution in [2.75, 3.05) is 39.8 Å². The first kappa shape index (κ1) is 41.5. The summed E-state index contributed by atoms with van der Waals surface area (Å²) in [6.45, 7) is 11.0. The van der Waals surface area contributed by atoms with Gasteiger partial charge in [-0.25, -0.2) is 9.00 Å². The van der Waals surface area contributed by atoms with Crippen molar-refractivity contribution in [1.29, 1.82) is 0 Å². The third-order valence-electron chi connectivity index (χ3n) is 10.4. The molecule has 3 rings (SSSR count). The minimum atomic E-state index is -2.23. The second-order valence-electron chi connectivity index (χ2n) is 15.1. The number of nitrogens with zero attached hydrogens (tertiary/aromatic N) is 2. The summed E-state index contributed by atoms with van der Waals surface area (Å²) in [6.07, 6.45) is 10.8. The van der Waals surface area contributed by atoms with Gasteiger partial charge in [-0.15, -0.1) is 6.58 Å². The topological polar surface area (TPSA) is 189 Å². The van der Waals surface area contributed by atoms with E-state index in [4.69, 9.17) is 0 Å². The Labute approximate surface area is 300 Å². The monoisotopic (exact) mass is 723 g/mol. The van der Waals surface area contributed by atoms with Gasteiger partial charge < -0.3 is 31.5 Å². The van der Waals surface area contributed by atoms with E-state index in [2.05, 4.69) is 33.2 Å². The van der Waals surface area contributed by atoms with Crippen molar-refractivity contribution < 1.29 is 32.7 Å². The highest BCUT2D eigenvalue weighted by molar-refractivity contribution is 7.76. The summed E-state index contributed by atoms with van der Waals surface area (Å²) in [6, 6.07) is -3.77. The van der Waals surface area contributed by atoms with Crippen molar-refractivity contribution in [1.82, 2.24) is 35.8 Å². The fourth-order valence-corrected chi connectivity index (χ4v) is 7.61. The average Bonchev–Trinajstić information content (AvgIpc) is 3.56. The summed E-state index contributed by atoms with van der Waals surface area (Å²) in [5, 5.41) is 14.3. The number of likely N-dealkylation sites (tertiary alicyclic amines) is 1. The van der Waals surface area contributed by atoms with Crippen LogP contribution in [0, 0.1) is 17.3 Å². The van der Waals surface area contributed by atoms with Crippen LogP contribution in [0.5, 0.6) is 0 Å². The fraction of sp³-hybridized carbons (Fsp3) is 0.800. The average molecular weight is 724 g/mol. The Morgan fingerprint density at radius 3 is 2.26 bits per heavy atom. The van der Waals surface area contributed by atoms with Gasteiger partial charge in [-0.1, -0.05) is 65.4 Å². The first-order valence-electron chi connectivity index (χ1n) is 18.4. The molecule has 6 N–H and O–H groups in total. The molecule has 3 aliphatic rings. The van der Waals surface area contributed by atoms with Crippen molar-refractivity contribution in [2.45, 2.75) is 122 Å². The van der Waals surface area contributed by atoms with Crippen molar-refractivity contribution in [2.24, 2.45) is 17.3 Å². The third kappa shape index (κ3) is 12.4. The van der Waals surface area contributed by atoms with Crippen molar-refractivity contribution in [3.05, 3.63) is 12.7 Å². The molecule has 0 bridgehead atoms. The third-order valence-corrected chi connectivity index (χ3v) is 11.1. The maximum absolute atomic E-state index is 14.3. The van der Waals surface area contributed by atoms with E-state index in [1.807, 2.05) is 27.8 Å². The van der Waals surface area contributed by atoms with Crippen LogP contribution in [0.1, 0.15) is 97.8 Å². The predicted molar refractivity (Wildman–Crippen MR) is 193 cm³/mol. The highest BCUT2D eigenvalue weighted by Gasteiger charge is 2.43. The van der Waals surface area contributed by atoms with Crippen LogP contribution in [0.25, 0.3) is 0 Å². The Balaban J connectivity index is 1.76. The molecule has 0 spiro atoms. The second-order valence-corrected chi connectivity index (χ2v) is 16.1. The number of urea groups is 1. The van der Waals surface area contributed by atoms with Crippen molar-refractivity contribution >= 4 is 40.8 Å². The smallest absolute Gasteiger partial charge is 0.315 e. The summed E-state index contributed by atoms with van der Waals surface area (Å²) in [7, 11) is 1.81. The van der Waals surface area contributed by atoms with Gasteiger partial charge in [-0.3, -0.25) is 23.7 Å². The molecule has 5 amide bonds. The van der Waals surface area contributed by atoms with E-state index in [0.29, 0.717) is 45.3 Å². The van der Waals surface area contributed by atoms with Crippen LogP contribution >= 0.6 is 0 Å². The normalized spacial score (nSPS) is 21.0. The van der Waals surface area contributed by atoms with E-state index < -0.39 is 64.5 Å². The van der Waals surface area contributed by atoms with Gasteiger partial charge in [0.25, 0.3) is 5.91 Å². The van der Waals surface area contributed by atoms with Gasteiger partial charge in [0.1, 0.15) is 12.1 Å². The number of carbonyl (C=O) groups excluding carboxylic acids is 5. The predicted octanol–water partition coefficient (Wildman–Crippen LogP) is 2.23. The van der Waals surface area contributed by atoms with Crippen LogP contribution in [0.15, 0.2) is 12.7 Å². The molecular formula is C35H61N7O7S. The van der Waals surface area contributed by atoms with Crippen LogP contribution in [0.3, 0.4) is 0 Å². The fourth-order valence-electron chi connectivity index (χ4n) is 7.05. The molecule has 0 radical (unpaired) electrons. The number of carbonyl (C=O) groups is 5. The maximum atomic E-state index is 14.3. The number of amides is 5. The Morgan fingerprint density at radius 2 is 1.68 bits per heavy atom. The van der Waals surface area contributed by atoms with Crippen molar-refractivity contribution in [3.63, 3.8) is 0 Å². The van der Waals surface area contributed by atoms with Crippen LogP contribution in [-0.4, -0.2) is 111 Å². The number of nitrogens with one attached hydrogen (secondary N) is 5. The first-order valence-corrected chi connectivity index (χ1v) is 19.4. The lowest BCUT2D eigenvalue weighted by Crippen LogP contribution is -2.61. The Hall–Kier alpha value is -2.88. The molecule has 284 valence electrons. The van der Waals surface area contributed by atoms with E-state index in [-0.39, 0.29) is 30.8 Å². The number of rotatable bonds is 19. The van der Waals surface area contributed by atoms with Gasteiger partial charge in [0.15, 0.2) is 0 Å². The Kier molecular flexibility index (Phi) is 16.8. The van der Waals surface area contributed by atoms with E-state index in [9.17, 15) is 32.7 Å². The molecule has 5 atom stereocenters. The van der Waals surface area contributed by atoms with E-state index >= 15 is 0 Å². The van der Waals surface area contributed by atoms with E-state index in [1.165, 1.54) is 15.3 Å². The summed E-state index contributed by atoms with van der Waals surface area (Å²) < 4.78 is 23.5. The molecule has 15 heteroatoms. The highest BCUT2D eigenvalue weighted by Crippen LogP contribution is 2.32. The molecule has 3 fully saturated rings. The summed E-state index contributed by atoms with van der Waals surface area (Å²) >= 11 is -2.23. The van der Waals surface area contributed by atoms with Gasteiger partial charge in [-0.05, 0) is 69.4 Å². The molecule has 1 saturated heterocycles. The summed E-state index contributed by atoms with van der Waals surface area (Å²) in [5.41, 5.74) is -0.476. The van der Waals surface area contributed by atoms with Crippen LogP contribution in [0.4, 0.5) is 4.79 Å². The largest absolute Gasteiger partial charge is 0.346 e. The SMILES string of the molecule is C=CCNC(=O)C(=O)C(CC1CCC1)NC(=O)C1CCCN1C(=O)C(NC(=O)NC(CN(CCCNC)S(=O)O)C(C)(C)C)C1CCCCC1. The zero-order valence-corrected chi connectivity index (χ0v) is 31.3. The summed E-state index contributed by atoms with van der Waals surface area (Å²) in [5.74, 6) is -2.18. The molecule has 1 heterocycles. The van der Waals surface area contributed by atoms with Gasteiger partial charge >= 0.3 is 6.03 Å². The zero-order valence-electron chi connectivity index (χ0n) is 30.5. The molecule has 2 aliphatic carbocycles. The Morgan fingerprint density at radius 1 is 0.980 bits per heavy atom. The summed E-state index contributed by atoms with van der Waals surface area (Å²) in [4.78, 5) is 69.0. The Bertz CT molecular complexity index is 1200. The number of hydrogen-bond donors (Lipinski definition) is 6. The zero-order chi connectivity index (χ0) is 36.8. The molecule has 0 aromatic heterocycles. The maximum Gasteiger partial charge on any atom is 0.315 e. The lowest BCUT2D eigenvalue weighted by atomic mass is 9.80. The molecule has 14 nitrogen and oxygen atoms in total. The molecule has 2 saturated carbocycles. The standard InChI is InChI=1S/C35H61N7O7S/c1-6-18-37-32(45)30(43)26(22-24-13-10-14-24)38-31(44)27-17-11-21-42(27)33(46)29(25-15-8-7-9-16-25)40-34(47)39-28(35(2,3)4)23-41(50(48)49)20-12-19-36-5/h6,24-29,36H,1,7-23H2,2-5H3,(H,37,45)(H,38,44)(H,48,49)(H2,39,40,47). The minimum Gasteiger partial charge on any atom is -0.346 e. The van der Waals surface area contributed by atoms with Crippen LogP contribution in [-0.2, 0) is 30.4 Å². The lowest BCUT2D eigenvalue weighted by molar-refractivity contribution is -0.143. The molecule has 5 unspecified atom stereocenters. The quantitative estimate of drug-likeness (QED) is 0.0507. The number of ketones is 1. The highest BCUT2D eigenvalue weighted by atomic mass is 32.2. The van der Waals surface area contributed by atoms with Crippen LogP contribution in [0.2, 0.25) is 0 Å². The van der Waals surface area contributed by atoms with Gasteiger partial charge in [0, 0.05) is 32.2 Å². The first-order chi connectivity index (χ1) is 23.8. The molecule has 0 aromatic carbocycles. The molecular weight excluding hydrogens is 662 g/mol. The number of Topliss-reactive ketones (excluding diaryl/α,β-unsaturated/α-hetero) is 1. The number of hydrogen-bond acceptors (Lipinski definition) is 7. The minimum absolute atomic E-state index is 0.121. The van der Waals surface area contributed by atoms with Gasteiger partial charge in [-0.2, -0.15) is 4.31 Å². The van der Waals surface area contributed by atoms with Crippen molar-refractivity contribution in [3.8, 4) is 0 Å².